The molecular formula is C19H40. The fourth-order valence-corrected chi connectivity index (χ4v) is 2.74. The lowest BCUT2D eigenvalue weighted by Crippen LogP contribution is -2.10. The predicted molar refractivity (Wildman–Crippen MR) is 89.6 cm³/mol. The SMILES string of the molecule is CCCCCCC(CCCC(C)C)CCC(C)(C)C. The van der Waals surface area contributed by atoms with E-state index in [9.17, 15) is 0 Å². The number of rotatable bonds is 11. The molecule has 0 rings (SSSR count). The van der Waals surface area contributed by atoms with E-state index in [1.165, 1.54) is 64.2 Å². The minimum absolute atomic E-state index is 0.514. The van der Waals surface area contributed by atoms with Gasteiger partial charge < -0.3 is 0 Å². The first-order valence-electron chi connectivity index (χ1n) is 8.85. The Morgan fingerprint density at radius 1 is 0.737 bits per heavy atom. The van der Waals surface area contributed by atoms with Crippen molar-refractivity contribution in [1.82, 2.24) is 0 Å². The summed E-state index contributed by atoms with van der Waals surface area (Å²) in [6, 6.07) is 0. The van der Waals surface area contributed by atoms with Crippen LogP contribution < -0.4 is 0 Å². The van der Waals surface area contributed by atoms with Crippen LogP contribution in [-0.4, -0.2) is 0 Å². The van der Waals surface area contributed by atoms with Gasteiger partial charge in [0.2, 0.25) is 0 Å². The molecule has 0 spiro atoms. The lowest BCUT2D eigenvalue weighted by Gasteiger charge is -2.23. The quantitative estimate of drug-likeness (QED) is 0.347. The van der Waals surface area contributed by atoms with Crippen molar-refractivity contribution in [3.05, 3.63) is 0 Å². The van der Waals surface area contributed by atoms with Gasteiger partial charge >= 0.3 is 0 Å². The molecule has 1 atom stereocenters. The topological polar surface area (TPSA) is 0 Å². The third-order valence-corrected chi connectivity index (χ3v) is 4.16. The van der Waals surface area contributed by atoms with Crippen molar-refractivity contribution in [2.45, 2.75) is 106 Å². The van der Waals surface area contributed by atoms with E-state index < -0.39 is 0 Å². The maximum absolute atomic E-state index is 2.38. The molecule has 0 heterocycles. The molecule has 0 fully saturated rings. The second-order valence-electron chi connectivity index (χ2n) is 8.14. The van der Waals surface area contributed by atoms with Gasteiger partial charge in [0.05, 0.1) is 0 Å². The van der Waals surface area contributed by atoms with E-state index in [1.54, 1.807) is 0 Å². The van der Waals surface area contributed by atoms with E-state index in [0.29, 0.717) is 5.41 Å². The summed E-state index contributed by atoms with van der Waals surface area (Å²) in [5, 5.41) is 0. The molecule has 0 aliphatic heterocycles. The van der Waals surface area contributed by atoms with E-state index in [-0.39, 0.29) is 0 Å². The predicted octanol–water partition coefficient (Wildman–Crippen LogP) is 7.23. The standard InChI is InChI=1S/C19H40/c1-7-8-9-10-13-18(14-11-12-17(2)3)15-16-19(4,5)6/h17-18H,7-16H2,1-6H3. The molecule has 0 heteroatoms. The van der Waals surface area contributed by atoms with Crippen molar-refractivity contribution in [1.29, 1.82) is 0 Å². The van der Waals surface area contributed by atoms with Crippen LogP contribution in [0.3, 0.4) is 0 Å². The van der Waals surface area contributed by atoms with Crippen LogP contribution in [0.1, 0.15) is 106 Å². The van der Waals surface area contributed by atoms with E-state index in [1.807, 2.05) is 0 Å². The molecule has 0 saturated heterocycles. The molecule has 0 aliphatic carbocycles. The smallest absolute Gasteiger partial charge is 0.0383 e. The summed E-state index contributed by atoms with van der Waals surface area (Å²) in [7, 11) is 0. The van der Waals surface area contributed by atoms with Gasteiger partial charge in [-0.15, -0.1) is 0 Å². The molecule has 0 amide bonds. The monoisotopic (exact) mass is 268 g/mol. The number of unbranched alkanes of at least 4 members (excludes halogenated alkanes) is 3. The zero-order chi connectivity index (χ0) is 14.7. The fraction of sp³-hybridized carbons (Fsp3) is 1.00. The van der Waals surface area contributed by atoms with Crippen molar-refractivity contribution >= 4 is 0 Å². The largest absolute Gasteiger partial charge is 0.0654 e. The fourth-order valence-electron chi connectivity index (χ4n) is 2.74. The Labute approximate surface area is 123 Å². The Morgan fingerprint density at radius 2 is 1.37 bits per heavy atom. The first kappa shape index (κ1) is 19.0. The highest BCUT2D eigenvalue weighted by atomic mass is 14.2. The Hall–Kier alpha value is 0. The Kier molecular flexibility index (Phi) is 10.7. The van der Waals surface area contributed by atoms with Gasteiger partial charge in [-0.1, -0.05) is 92.9 Å². The molecule has 0 aromatic carbocycles. The molecule has 19 heavy (non-hydrogen) atoms. The summed E-state index contributed by atoms with van der Waals surface area (Å²) in [5.74, 6) is 1.87. The zero-order valence-corrected chi connectivity index (χ0v) is 14.7. The third kappa shape index (κ3) is 14.2. The van der Waals surface area contributed by atoms with Crippen LogP contribution in [0.4, 0.5) is 0 Å². The average molecular weight is 269 g/mol. The maximum Gasteiger partial charge on any atom is -0.0383 e. The molecule has 0 radical (unpaired) electrons. The number of hydrogen-bond donors (Lipinski definition) is 0. The molecule has 0 saturated carbocycles. The highest BCUT2D eigenvalue weighted by Crippen LogP contribution is 2.29. The lowest BCUT2D eigenvalue weighted by molar-refractivity contribution is 0.291. The summed E-state index contributed by atoms with van der Waals surface area (Å²) in [6.07, 6.45) is 14.4. The van der Waals surface area contributed by atoms with Gasteiger partial charge in [0.25, 0.3) is 0 Å². The van der Waals surface area contributed by atoms with Crippen molar-refractivity contribution in [3.8, 4) is 0 Å². The van der Waals surface area contributed by atoms with E-state index in [0.717, 1.165) is 11.8 Å². The summed E-state index contributed by atoms with van der Waals surface area (Å²) < 4.78 is 0. The second-order valence-corrected chi connectivity index (χ2v) is 8.14. The van der Waals surface area contributed by atoms with E-state index in [2.05, 4.69) is 41.5 Å². The number of hydrogen-bond acceptors (Lipinski definition) is 0. The van der Waals surface area contributed by atoms with E-state index >= 15 is 0 Å². The van der Waals surface area contributed by atoms with Gasteiger partial charge in [0.15, 0.2) is 0 Å². The molecule has 0 aromatic heterocycles. The second kappa shape index (κ2) is 10.7. The van der Waals surface area contributed by atoms with Gasteiger partial charge in [-0.3, -0.25) is 0 Å². The molecular weight excluding hydrogens is 228 g/mol. The summed E-state index contributed by atoms with van der Waals surface area (Å²) in [5.41, 5.74) is 0.514. The molecule has 116 valence electrons. The molecule has 0 N–H and O–H groups in total. The summed E-state index contributed by atoms with van der Waals surface area (Å²) in [6.45, 7) is 14.2. The Bertz CT molecular complexity index is 185. The van der Waals surface area contributed by atoms with Crippen LogP contribution in [-0.2, 0) is 0 Å². The highest BCUT2D eigenvalue weighted by molar-refractivity contribution is 4.67. The lowest BCUT2D eigenvalue weighted by atomic mass is 9.83. The van der Waals surface area contributed by atoms with Gasteiger partial charge in [-0.05, 0) is 30.1 Å². The minimum atomic E-state index is 0.514. The van der Waals surface area contributed by atoms with Crippen molar-refractivity contribution in [3.63, 3.8) is 0 Å². The Morgan fingerprint density at radius 3 is 1.89 bits per heavy atom. The van der Waals surface area contributed by atoms with Crippen molar-refractivity contribution < 1.29 is 0 Å². The zero-order valence-electron chi connectivity index (χ0n) is 14.7. The van der Waals surface area contributed by atoms with Crippen LogP contribution in [0, 0.1) is 17.3 Å². The molecule has 0 nitrogen and oxygen atoms in total. The first-order valence-corrected chi connectivity index (χ1v) is 8.85. The van der Waals surface area contributed by atoms with Crippen LogP contribution in [0.2, 0.25) is 0 Å². The minimum Gasteiger partial charge on any atom is -0.0654 e. The molecule has 0 aromatic rings. The van der Waals surface area contributed by atoms with Crippen LogP contribution in [0.5, 0.6) is 0 Å². The summed E-state index contributed by atoms with van der Waals surface area (Å²) >= 11 is 0. The third-order valence-electron chi connectivity index (χ3n) is 4.16. The van der Waals surface area contributed by atoms with Gasteiger partial charge in [0, 0.05) is 0 Å². The molecule has 0 aliphatic rings. The maximum atomic E-state index is 2.38. The van der Waals surface area contributed by atoms with Gasteiger partial charge in [-0.2, -0.15) is 0 Å². The average Bonchev–Trinajstić information content (AvgIpc) is 2.29. The van der Waals surface area contributed by atoms with Crippen LogP contribution in [0.25, 0.3) is 0 Å². The first-order chi connectivity index (χ1) is 8.85. The molecule has 1 unspecified atom stereocenters. The van der Waals surface area contributed by atoms with Crippen molar-refractivity contribution in [2.75, 3.05) is 0 Å². The normalized spacial score (nSPS) is 14.1. The highest BCUT2D eigenvalue weighted by Gasteiger charge is 2.15. The van der Waals surface area contributed by atoms with E-state index in [4.69, 9.17) is 0 Å². The summed E-state index contributed by atoms with van der Waals surface area (Å²) in [4.78, 5) is 0. The Balaban J connectivity index is 3.92. The van der Waals surface area contributed by atoms with Gasteiger partial charge in [0.1, 0.15) is 0 Å². The van der Waals surface area contributed by atoms with Gasteiger partial charge in [-0.25, -0.2) is 0 Å². The van der Waals surface area contributed by atoms with Crippen LogP contribution >= 0.6 is 0 Å². The van der Waals surface area contributed by atoms with Crippen molar-refractivity contribution in [2.24, 2.45) is 17.3 Å². The molecule has 0 bridgehead atoms. The van der Waals surface area contributed by atoms with Crippen LogP contribution in [0.15, 0.2) is 0 Å².